The highest BCUT2D eigenvalue weighted by Crippen LogP contribution is 2.26. The Balaban J connectivity index is 1.62. The van der Waals surface area contributed by atoms with Gasteiger partial charge in [0.15, 0.2) is 0 Å². The Morgan fingerprint density at radius 1 is 0.912 bits per heavy atom. The predicted octanol–water partition coefficient (Wildman–Crippen LogP) is 4.78. The summed E-state index contributed by atoms with van der Waals surface area (Å²) in [6.07, 6.45) is 3.01. The molecule has 0 aliphatic carbocycles. The third-order valence-corrected chi connectivity index (χ3v) is 4.93. The molecule has 2 aromatic heterocycles. The van der Waals surface area contributed by atoms with Crippen LogP contribution in [-0.4, -0.2) is 35.6 Å². The fraction of sp³-hybridized carbons (Fsp3) is 0.120. The maximum absolute atomic E-state index is 13.2. The summed E-state index contributed by atoms with van der Waals surface area (Å²) in [5, 5.41) is 12.2. The minimum Gasteiger partial charge on any atom is -0.497 e. The molecule has 0 atom stereocenters. The standard InChI is InChI=1S/C25H24N6O3/c1-3-26-25(33)31-23-13-22(29-17-7-5-4-6-8-17)20(15-28-23)24(32)30-18-11-16-12-19(34-2)9-10-21(16)27-14-18/h4-15H,3H2,1-2H3,(H,30,32)(H3,26,28,29,31,33). The molecule has 2 heterocycles. The van der Waals surface area contributed by atoms with E-state index in [0.717, 1.165) is 16.6 Å². The normalized spacial score (nSPS) is 10.4. The average molecular weight is 457 g/mol. The molecule has 4 N–H and O–H groups in total. The van der Waals surface area contributed by atoms with Crippen molar-refractivity contribution in [2.75, 3.05) is 29.6 Å². The number of nitrogens with zero attached hydrogens (tertiary/aromatic N) is 2. The first-order valence-corrected chi connectivity index (χ1v) is 10.7. The molecule has 0 spiro atoms. The number of fused-ring (bicyclic) bond motifs is 1. The van der Waals surface area contributed by atoms with Gasteiger partial charge in [0.2, 0.25) is 0 Å². The van der Waals surface area contributed by atoms with E-state index < -0.39 is 0 Å². The maximum atomic E-state index is 13.2. The number of hydrogen-bond acceptors (Lipinski definition) is 6. The number of anilines is 4. The van der Waals surface area contributed by atoms with Crippen LogP contribution >= 0.6 is 0 Å². The smallest absolute Gasteiger partial charge is 0.320 e. The summed E-state index contributed by atoms with van der Waals surface area (Å²) in [5.74, 6) is 0.631. The van der Waals surface area contributed by atoms with E-state index in [2.05, 4.69) is 31.2 Å². The van der Waals surface area contributed by atoms with E-state index in [1.165, 1.54) is 6.20 Å². The Labute approximate surface area is 196 Å². The van der Waals surface area contributed by atoms with Crippen molar-refractivity contribution in [3.05, 3.63) is 78.6 Å². The second-order valence-electron chi connectivity index (χ2n) is 7.33. The number of para-hydroxylation sites is 1. The van der Waals surface area contributed by atoms with Gasteiger partial charge < -0.3 is 20.7 Å². The second-order valence-corrected chi connectivity index (χ2v) is 7.33. The molecule has 172 valence electrons. The van der Waals surface area contributed by atoms with Gasteiger partial charge in [-0.05, 0) is 43.3 Å². The minimum atomic E-state index is -0.379. The zero-order valence-corrected chi connectivity index (χ0v) is 18.8. The molecule has 0 saturated heterocycles. The van der Waals surface area contributed by atoms with Crippen LogP contribution in [0.5, 0.6) is 5.75 Å². The zero-order valence-electron chi connectivity index (χ0n) is 18.8. The van der Waals surface area contributed by atoms with Gasteiger partial charge in [-0.3, -0.25) is 15.1 Å². The highest BCUT2D eigenvalue weighted by Gasteiger charge is 2.15. The van der Waals surface area contributed by atoms with E-state index in [4.69, 9.17) is 4.74 Å². The van der Waals surface area contributed by atoms with Crippen molar-refractivity contribution in [2.45, 2.75) is 6.92 Å². The predicted molar refractivity (Wildman–Crippen MR) is 133 cm³/mol. The van der Waals surface area contributed by atoms with Crippen molar-refractivity contribution >= 4 is 45.7 Å². The topological polar surface area (TPSA) is 117 Å². The number of carbonyl (C=O) groups excluding carboxylic acids is 2. The molecule has 3 amide bonds. The lowest BCUT2D eigenvalue weighted by atomic mass is 10.1. The Bertz CT molecular complexity index is 1330. The lowest BCUT2D eigenvalue weighted by Crippen LogP contribution is -2.28. The largest absolute Gasteiger partial charge is 0.497 e. The van der Waals surface area contributed by atoms with Gasteiger partial charge in [-0.2, -0.15) is 0 Å². The van der Waals surface area contributed by atoms with Crippen LogP contribution in [0.3, 0.4) is 0 Å². The summed E-state index contributed by atoms with van der Waals surface area (Å²) in [6, 6.07) is 18.0. The van der Waals surface area contributed by atoms with Gasteiger partial charge in [0.05, 0.1) is 35.8 Å². The minimum absolute atomic E-state index is 0.302. The SMILES string of the molecule is CCNC(=O)Nc1cc(Nc2ccccc2)c(C(=O)Nc2cnc3ccc(OC)cc3c2)cn1. The van der Waals surface area contributed by atoms with Gasteiger partial charge >= 0.3 is 6.03 Å². The molecule has 0 saturated carbocycles. The van der Waals surface area contributed by atoms with E-state index in [0.29, 0.717) is 35.1 Å². The first-order chi connectivity index (χ1) is 16.6. The zero-order chi connectivity index (χ0) is 23.9. The molecule has 0 unspecified atom stereocenters. The number of urea groups is 1. The lowest BCUT2D eigenvalue weighted by Gasteiger charge is -2.14. The fourth-order valence-electron chi connectivity index (χ4n) is 3.31. The number of methoxy groups -OCH3 is 1. The highest BCUT2D eigenvalue weighted by atomic mass is 16.5. The average Bonchev–Trinajstić information content (AvgIpc) is 2.84. The van der Waals surface area contributed by atoms with Crippen molar-refractivity contribution in [2.24, 2.45) is 0 Å². The molecular weight excluding hydrogens is 432 g/mol. The summed E-state index contributed by atoms with van der Waals surface area (Å²) in [7, 11) is 1.60. The van der Waals surface area contributed by atoms with Gasteiger partial charge in [-0.15, -0.1) is 0 Å². The van der Waals surface area contributed by atoms with Gasteiger partial charge in [-0.1, -0.05) is 18.2 Å². The summed E-state index contributed by atoms with van der Waals surface area (Å²) in [5.41, 5.74) is 2.89. The lowest BCUT2D eigenvalue weighted by molar-refractivity contribution is 0.102. The number of pyridine rings is 2. The van der Waals surface area contributed by atoms with Crippen molar-refractivity contribution in [1.82, 2.24) is 15.3 Å². The molecule has 4 rings (SSSR count). The van der Waals surface area contributed by atoms with E-state index >= 15 is 0 Å². The summed E-state index contributed by atoms with van der Waals surface area (Å²) in [6.45, 7) is 2.30. The Hall–Kier alpha value is -4.66. The highest BCUT2D eigenvalue weighted by molar-refractivity contribution is 6.09. The van der Waals surface area contributed by atoms with Crippen LogP contribution in [0.2, 0.25) is 0 Å². The van der Waals surface area contributed by atoms with Crippen LogP contribution < -0.4 is 26.0 Å². The Morgan fingerprint density at radius 3 is 2.50 bits per heavy atom. The number of rotatable bonds is 7. The Kier molecular flexibility index (Phi) is 6.83. The van der Waals surface area contributed by atoms with E-state index in [1.807, 2.05) is 61.5 Å². The fourth-order valence-corrected chi connectivity index (χ4v) is 3.31. The molecule has 0 aliphatic heterocycles. The molecule has 0 bridgehead atoms. The summed E-state index contributed by atoms with van der Waals surface area (Å²) in [4.78, 5) is 33.7. The monoisotopic (exact) mass is 456 g/mol. The molecule has 9 heteroatoms. The number of nitrogens with one attached hydrogen (secondary N) is 4. The first-order valence-electron chi connectivity index (χ1n) is 10.7. The van der Waals surface area contributed by atoms with Crippen LogP contribution in [0.4, 0.5) is 27.7 Å². The van der Waals surface area contributed by atoms with Crippen LogP contribution in [0.1, 0.15) is 17.3 Å². The second kappa shape index (κ2) is 10.3. The van der Waals surface area contributed by atoms with Crippen LogP contribution in [-0.2, 0) is 0 Å². The molecule has 34 heavy (non-hydrogen) atoms. The van der Waals surface area contributed by atoms with Crippen molar-refractivity contribution < 1.29 is 14.3 Å². The maximum Gasteiger partial charge on any atom is 0.320 e. The van der Waals surface area contributed by atoms with Gasteiger partial charge in [-0.25, -0.2) is 9.78 Å². The number of aromatic nitrogens is 2. The first kappa shape index (κ1) is 22.5. The van der Waals surface area contributed by atoms with Crippen LogP contribution in [0.25, 0.3) is 10.9 Å². The van der Waals surface area contributed by atoms with Crippen molar-refractivity contribution in [3.63, 3.8) is 0 Å². The quantitative estimate of drug-likeness (QED) is 0.318. The number of amides is 3. The number of hydrogen-bond donors (Lipinski definition) is 4. The van der Waals surface area contributed by atoms with Gasteiger partial charge in [0.1, 0.15) is 11.6 Å². The van der Waals surface area contributed by atoms with Crippen LogP contribution in [0, 0.1) is 0 Å². The van der Waals surface area contributed by atoms with Crippen molar-refractivity contribution in [1.29, 1.82) is 0 Å². The Morgan fingerprint density at radius 2 is 1.74 bits per heavy atom. The molecule has 0 aliphatic rings. The molecule has 9 nitrogen and oxygen atoms in total. The van der Waals surface area contributed by atoms with Crippen LogP contribution in [0.15, 0.2) is 73.1 Å². The molecular formula is C25H24N6O3. The molecule has 0 radical (unpaired) electrons. The van der Waals surface area contributed by atoms with E-state index in [9.17, 15) is 9.59 Å². The summed E-state index contributed by atoms with van der Waals surface area (Å²) >= 11 is 0. The van der Waals surface area contributed by atoms with Crippen molar-refractivity contribution in [3.8, 4) is 5.75 Å². The van der Waals surface area contributed by atoms with E-state index in [-0.39, 0.29) is 11.9 Å². The number of benzene rings is 2. The molecule has 0 fully saturated rings. The van der Waals surface area contributed by atoms with E-state index in [1.54, 1.807) is 19.4 Å². The third-order valence-electron chi connectivity index (χ3n) is 4.93. The van der Waals surface area contributed by atoms with Gasteiger partial charge in [0.25, 0.3) is 5.91 Å². The number of carbonyl (C=O) groups is 2. The number of ether oxygens (including phenoxy) is 1. The third kappa shape index (κ3) is 5.39. The molecule has 4 aromatic rings. The molecule has 2 aromatic carbocycles. The van der Waals surface area contributed by atoms with Gasteiger partial charge in [0, 0.05) is 29.9 Å². The summed E-state index contributed by atoms with van der Waals surface area (Å²) < 4.78 is 5.27.